The summed E-state index contributed by atoms with van der Waals surface area (Å²) in [5.41, 5.74) is 2.85. The predicted molar refractivity (Wildman–Crippen MR) is 103 cm³/mol. The summed E-state index contributed by atoms with van der Waals surface area (Å²) >= 11 is 0. The van der Waals surface area contributed by atoms with Gasteiger partial charge in [0.25, 0.3) is 5.69 Å². The first-order valence-electron chi connectivity index (χ1n) is 8.62. The monoisotopic (exact) mass is 387 g/mol. The van der Waals surface area contributed by atoms with E-state index in [-0.39, 0.29) is 19.3 Å². The number of nitro benzene ring substituents is 1. The number of aromatic amines is 1. The maximum Gasteiger partial charge on any atom is 0.270 e. The molecule has 9 heteroatoms. The molecule has 148 valence electrons. The number of non-ortho nitro benzene ring substituents is 1. The lowest BCUT2D eigenvalue weighted by atomic mass is 10.0. The number of nitro groups is 1. The number of methoxy groups -OCH3 is 2. The third-order valence-electron chi connectivity index (χ3n) is 4.22. The zero-order valence-corrected chi connectivity index (χ0v) is 15.9. The van der Waals surface area contributed by atoms with Crippen molar-refractivity contribution in [3.05, 3.63) is 46.0 Å². The highest BCUT2D eigenvalue weighted by molar-refractivity contribution is 5.96. The van der Waals surface area contributed by atoms with Crippen LogP contribution in [0, 0.1) is 10.1 Å². The number of aromatic nitrogens is 2. The highest BCUT2D eigenvalue weighted by atomic mass is 16.7. The average molecular weight is 387 g/mol. The van der Waals surface area contributed by atoms with Crippen LogP contribution in [-0.4, -0.2) is 42.9 Å². The molecule has 1 aromatic heterocycles. The summed E-state index contributed by atoms with van der Waals surface area (Å²) in [5, 5.41) is 19.1. The number of ether oxygens (including phenoxy) is 4. The number of H-pyrrole nitrogens is 1. The molecule has 0 aliphatic heterocycles. The number of aryl methyl sites for hydroxylation is 1. The van der Waals surface area contributed by atoms with Crippen molar-refractivity contribution < 1.29 is 23.9 Å². The SMILES string of the molecule is CCc1cc(-c2n[nH]c3ccc([N+](=O)[O-])cc23)c(OCOC)cc1OCOC. The van der Waals surface area contributed by atoms with E-state index in [1.54, 1.807) is 19.2 Å². The van der Waals surface area contributed by atoms with Gasteiger partial charge in [0, 0.05) is 43.4 Å². The summed E-state index contributed by atoms with van der Waals surface area (Å²) < 4.78 is 21.4. The van der Waals surface area contributed by atoms with E-state index < -0.39 is 4.92 Å². The first kappa shape index (κ1) is 19.6. The van der Waals surface area contributed by atoms with E-state index in [0.29, 0.717) is 40.1 Å². The predicted octanol–water partition coefficient (Wildman–Crippen LogP) is 3.67. The second-order valence-corrected chi connectivity index (χ2v) is 5.97. The van der Waals surface area contributed by atoms with Crippen molar-refractivity contribution in [2.75, 3.05) is 27.8 Å². The minimum atomic E-state index is -0.433. The largest absolute Gasteiger partial charge is 0.467 e. The van der Waals surface area contributed by atoms with E-state index in [9.17, 15) is 10.1 Å². The molecule has 0 radical (unpaired) electrons. The van der Waals surface area contributed by atoms with Crippen molar-refractivity contribution in [3.63, 3.8) is 0 Å². The standard InChI is InChI=1S/C19H21N3O6/c1-4-12-7-15(18(28-11-26-3)9-17(12)27-10-25-2)19-14-8-13(22(23)24)5-6-16(14)20-21-19/h5-9H,4,10-11H2,1-3H3,(H,20,21). The maximum absolute atomic E-state index is 11.2. The van der Waals surface area contributed by atoms with Gasteiger partial charge in [0.05, 0.1) is 10.4 Å². The van der Waals surface area contributed by atoms with Crippen LogP contribution in [0.2, 0.25) is 0 Å². The molecule has 0 saturated carbocycles. The van der Waals surface area contributed by atoms with Gasteiger partial charge in [-0.05, 0) is 24.1 Å². The molecule has 1 heterocycles. The molecule has 3 aromatic rings. The number of nitrogens with zero attached hydrogens (tertiary/aromatic N) is 2. The number of nitrogens with one attached hydrogen (secondary N) is 1. The topological polar surface area (TPSA) is 109 Å². The minimum absolute atomic E-state index is 0.00901. The minimum Gasteiger partial charge on any atom is -0.467 e. The second kappa shape index (κ2) is 8.68. The molecule has 28 heavy (non-hydrogen) atoms. The summed E-state index contributed by atoms with van der Waals surface area (Å²) in [6.45, 7) is 2.14. The Hall–Kier alpha value is -3.17. The number of hydrogen-bond acceptors (Lipinski definition) is 7. The Balaban J connectivity index is 2.17. The molecule has 2 aromatic carbocycles. The van der Waals surface area contributed by atoms with Crippen molar-refractivity contribution in [1.82, 2.24) is 10.2 Å². The van der Waals surface area contributed by atoms with Gasteiger partial charge < -0.3 is 18.9 Å². The van der Waals surface area contributed by atoms with E-state index in [1.807, 2.05) is 13.0 Å². The van der Waals surface area contributed by atoms with Crippen molar-refractivity contribution >= 4 is 16.6 Å². The van der Waals surface area contributed by atoms with Crippen LogP contribution >= 0.6 is 0 Å². The fraction of sp³-hybridized carbons (Fsp3) is 0.316. The van der Waals surface area contributed by atoms with Crippen molar-refractivity contribution in [2.45, 2.75) is 13.3 Å². The second-order valence-electron chi connectivity index (χ2n) is 5.97. The Kier molecular flexibility index (Phi) is 6.07. The van der Waals surface area contributed by atoms with Crippen LogP contribution in [0.3, 0.4) is 0 Å². The van der Waals surface area contributed by atoms with Crippen LogP contribution in [0.1, 0.15) is 12.5 Å². The quantitative estimate of drug-likeness (QED) is 0.339. The zero-order chi connectivity index (χ0) is 20.1. The van der Waals surface area contributed by atoms with E-state index in [2.05, 4.69) is 10.2 Å². The smallest absolute Gasteiger partial charge is 0.270 e. The molecule has 0 saturated heterocycles. The number of benzene rings is 2. The lowest BCUT2D eigenvalue weighted by Gasteiger charge is -2.16. The molecule has 0 spiro atoms. The van der Waals surface area contributed by atoms with Gasteiger partial charge in [-0.15, -0.1) is 0 Å². The van der Waals surface area contributed by atoms with Gasteiger partial charge >= 0.3 is 0 Å². The zero-order valence-electron chi connectivity index (χ0n) is 15.9. The van der Waals surface area contributed by atoms with E-state index in [1.165, 1.54) is 19.2 Å². The van der Waals surface area contributed by atoms with E-state index >= 15 is 0 Å². The normalized spacial score (nSPS) is 11.0. The summed E-state index contributed by atoms with van der Waals surface area (Å²) in [6, 6.07) is 8.23. The Morgan fingerprint density at radius 2 is 1.79 bits per heavy atom. The van der Waals surface area contributed by atoms with Gasteiger partial charge in [-0.25, -0.2) is 0 Å². The Bertz CT molecular complexity index is 985. The number of hydrogen-bond donors (Lipinski definition) is 1. The van der Waals surface area contributed by atoms with Gasteiger partial charge in [0.2, 0.25) is 0 Å². The molecule has 9 nitrogen and oxygen atoms in total. The summed E-state index contributed by atoms with van der Waals surface area (Å²) in [4.78, 5) is 10.7. The Morgan fingerprint density at radius 3 is 2.43 bits per heavy atom. The highest BCUT2D eigenvalue weighted by Gasteiger charge is 2.19. The van der Waals surface area contributed by atoms with Gasteiger partial charge in [0.1, 0.15) is 17.2 Å². The summed E-state index contributed by atoms with van der Waals surface area (Å²) in [5.74, 6) is 1.12. The number of fused-ring (bicyclic) bond motifs is 1. The molecule has 0 fully saturated rings. The fourth-order valence-corrected chi connectivity index (χ4v) is 2.89. The van der Waals surface area contributed by atoms with Crippen LogP contribution in [0.15, 0.2) is 30.3 Å². The van der Waals surface area contributed by atoms with Crippen molar-refractivity contribution in [3.8, 4) is 22.8 Å². The molecule has 0 aliphatic rings. The van der Waals surface area contributed by atoms with Gasteiger partial charge in [-0.1, -0.05) is 6.92 Å². The summed E-state index contributed by atoms with van der Waals surface area (Å²) in [6.07, 6.45) is 0.707. The number of rotatable bonds is 9. The Morgan fingerprint density at radius 1 is 1.07 bits per heavy atom. The van der Waals surface area contributed by atoms with Crippen molar-refractivity contribution in [2.24, 2.45) is 0 Å². The van der Waals surface area contributed by atoms with Gasteiger partial charge in [-0.3, -0.25) is 15.2 Å². The van der Waals surface area contributed by atoms with Crippen LogP contribution in [-0.2, 0) is 15.9 Å². The Labute approximate surface area is 161 Å². The first-order valence-corrected chi connectivity index (χ1v) is 8.62. The summed E-state index contributed by atoms with van der Waals surface area (Å²) in [7, 11) is 3.07. The molecule has 0 unspecified atom stereocenters. The van der Waals surface area contributed by atoms with E-state index in [0.717, 1.165) is 5.56 Å². The molecule has 0 aliphatic carbocycles. The third kappa shape index (κ3) is 3.90. The molecular weight excluding hydrogens is 366 g/mol. The lowest BCUT2D eigenvalue weighted by Crippen LogP contribution is -2.05. The van der Waals surface area contributed by atoms with Crippen LogP contribution in [0.25, 0.3) is 22.2 Å². The van der Waals surface area contributed by atoms with E-state index in [4.69, 9.17) is 18.9 Å². The molecule has 0 bridgehead atoms. The lowest BCUT2D eigenvalue weighted by molar-refractivity contribution is -0.384. The third-order valence-corrected chi connectivity index (χ3v) is 4.22. The maximum atomic E-state index is 11.2. The van der Waals surface area contributed by atoms with Gasteiger partial charge in [-0.2, -0.15) is 5.10 Å². The van der Waals surface area contributed by atoms with Crippen LogP contribution < -0.4 is 9.47 Å². The molecule has 1 N–H and O–H groups in total. The first-order chi connectivity index (χ1) is 13.6. The fourth-order valence-electron chi connectivity index (χ4n) is 2.89. The highest BCUT2D eigenvalue weighted by Crippen LogP contribution is 2.39. The van der Waals surface area contributed by atoms with Crippen molar-refractivity contribution in [1.29, 1.82) is 0 Å². The molecule has 0 amide bonds. The average Bonchev–Trinajstić information content (AvgIpc) is 3.13. The van der Waals surface area contributed by atoms with Gasteiger partial charge in [0.15, 0.2) is 13.6 Å². The molecule has 0 atom stereocenters. The van der Waals surface area contributed by atoms with Crippen LogP contribution in [0.5, 0.6) is 11.5 Å². The molecular formula is C19H21N3O6. The molecule has 3 rings (SSSR count). The van der Waals surface area contributed by atoms with Crippen LogP contribution in [0.4, 0.5) is 5.69 Å².